The summed E-state index contributed by atoms with van der Waals surface area (Å²) in [5, 5.41) is 0. The molecule has 2 N–H and O–H groups in total. The van der Waals surface area contributed by atoms with Crippen molar-refractivity contribution in [3.8, 4) is 0 Å². The minimum atomic E-state index is 0. The Balaban J connectivity index is 0.00000120. The van der Waals surface area contributed by atoms with E-state index in [0.717, 1.165) is 12.0 Å². The predicted molar refractivity (Wildman–Crippen MR) is 92.7 cm³/mol. The van der Waals surface area contributed by atoms with Gasteiger partial charge in [0.25, 0.3) is 0 Å². The Morgan fingerprint density at radius 3 is 1.80 bits per heavy atom. The van der Waals surface area contributed by atoms with Gasteiger partial charge in [0.1, 0.15) is 0 Å². The van der Waals surface area contributed by atoms with Gasteiger partial charge < -0.3 is 10.6 Å². The third kappa shape index (κ3) is 5.86. The van der Waals surface area contributed by atoms with Gasteiger partial charge in [-0.1, -0.05) is 0 Å². The lowest BCUT2D eigenvalue weighted by atomic mass is 9.90. The van der Waals surface area contributed by atoms with Crippen LogP contribution in [0.4, 0.5) is 0 Å². The summed E-state index contributed by atoms with van der Waals surface area (Å²) in [6.07, 6.45) is 8.13. The van der Waals surface area contributed by atoms with Gasteiger partial charge in [0, 0.05) is 44.8 Å². The Morgan fingerprint density at radius 2 is 1.30 bits per heavy atom. The fraction of sp³-hybridized carbons (Fsp3) is 1.00. The van der Waals surface area contributed by atoms with Crippen LogP contribution in [-0.4, -0.2) is 54.6 Å². The van der Waals surface area contributed by atoms with E-state index in [1.807, 2.05) is 0 Å². The Kier molecular flexibility index (Phi) is 10.1. The first-order chi connectivity index (χ1) is 8.31. The van der Waals surface area contributed by atoms with Crippen LogP contribution in [0.1, 0.15) is 38.5 Å². The van der Waals surface area contributed by atoms with Crippen LogP contribution in [0.25, 0.3) is 0 Å². The molecular formula is C14H30Cl3N3. The van der Waals surface area contributed by atoms with Crippen molar-refractivity contribution >= 4 is 37.2 Å². The zero-order chi connectivity index (χ0) is 11.7. The molecule has 3 nitrogen and oxygen atoms in total. The van der Waals surface area contributed by atoms with Crippen molar-refractivity contribution in [3.05, 3.63) is 0 Å². The molecule has 0 radical (unpaired) electrons. The lowest BCUT2D eigenvalue weighted by Gasteiger charge is -2.41. The number of rotatable bonds is 3. The summed E-state index contributed by atoms with van der Waals surface area (Å²) in [7, 11) is 0. The van der Waals surface area contributed by atoms with E-state index in [2.05, 4.69) is 9.80 Å². The van der Waals surface area contributed by atoms with E-state index in [1.165, 1.54) is 71.2 Å². The van der Waals surface area contributed by atoms with Gasteiger partial charge in [-0.15, -0.1) is 37.2 Å². The maximum absolute atomic E-state index is 5.98. The Morgan fingerprint density at radius 1 is 0.750 bits per heavy atom. The molecule has 1 aliphatic heterocycles. The molecule has 0 spiro atoms. The maximum Gasteiger partial charge on any atom is 0.0113 e. The molecule has 0 atom stereocenters. The lowest BCUT2D eigenvalue weighted by molar-refractivity contribution is 0.0743. The summed E-state index contributed by atoms with van der Waals surface area (Å²) < 4.78 is 0. The largest absolute Gasteiger partial charge is 0.328 e. The van der Waals surface area contributed by atoms with Crippen LogP contribution < -0.4 is 5.73 Å². The summed E-state index contributed by atoms with van der Waals surface area (Å²) in [6.45, 7) is 6.58. The molecule has 0 aromatic heterocycles. The number of halogens is 3. The van der Waals surface area contributed by atoms with Crippen molar-refractivity contribution in [2.24, 2.45) is 11.7 Å². The fourth-order valence-corrected chi connectivity index (χ4v) is 3.44. The second kappa shape index (κ2) is 9.70. The van der Waals surface area contributed by atoms with E-state index in [0.29, 0.717) is 6.04 Å². The van der Waals surface area contributed by atoms with Crippen molar-refractivity contribution in [2.75, 3.05) is 32.7 Å². The number of hydrogen-bond acceptors (Lipinski definition) is 3. The molecule has 0 unspecified atom stereocenters. The molecule has 0 amide bonds. The van der Waals surface area contributed by atoms with E-state index in [4.69, 9.17) is 5.73 Å². The Labute approximate surface area is 142 Å². The minimum absolute atomic E-state index is 0. The van der Waals surface area contributed by atoms with Crippen molar-refractivity contribution in [1.29, 1.82) is 0 Å². The first kappa shape index (κ1) is 20.8. The highest BCUT2D eigenvalue weighted by atomic mass is 35.5. The van der Waals surface area contributed by atoms with Crippen LogP contribution in [-0.2, 0) is 0 Å². The fourth-order valence-electron chi connectivity index (χ4n) is 3.44. The van der Waals surface area contributed by atoms with E-state index in [-0.39, 0.29) is 37.2 Å². The first-order valence-electron chi connectivity index (χ1n) is 7.53. The highest BCUT2D eigenvalue weighted by Crippen LogP contribution is 2.30. The third-order valence-corrected chi connectivity index (χ3v) is 4.88. The molecule has 2 aliphatic carbocycles. The highest BCUT2D eigenvalue weighted by Gasteiger charge is 2.29. The number of nitrogens with two attached hydrogens (primary N) is 1. The monoisotopic (exact) mass is 345 g/mol. The average molecular weight is 347 g/mol. The zero-order valence-corrected chi connectivity index (χ0v) is 14.7. The third-order valence-electron chi connectivity index (χ3n) is 4.88. The standard InChI is InChI=1S/C14H27N3.3ClH/c15-13-3-5-14(6-4-13)17-9-7-16(8-10-17)11-12-1-2-12;;;/h12-14H,1-11,15H2;3*1H/t13-,14-;;;. The van der Waals surface area contributed by atoms with Gasteiger partial charge in [-0.2, -0.15) is 0 Å². The van der Waals surface area contributed by atoms with E-state index >= 15 is 0 Å². The zero-order valence-electron chi connectivity index (χ0n) is 12.2. The van der Waals surface area contributed by atoms with Crippen LogP contribution in [0.5, 0.6) is 0 Å². The number of nitrogens with zero attached hydrogens (tertiary/aromatic N) is 2. The summed E-state index contributed by atoms with van der Waals surface area (Å²) in [5.41, 5.74) is 5.98. The average Bonchev–Trinajstić information content (AvgIpc) is 3.15. The smallest absolute Gasteiger partial charge is 0.0113 e. The van der Waals surface area contributed by atoms with Crippen LogP contribution in [0, 0.1) is 5.92 Å². The van der Waals surface area contributed by atoms with Gasteiger partial charge in [0.15, 0.2) is 0 Å². The maximum atomic E-state index is 5.98. The summed E-state index contributed by atoms with van der Waals surface area (Å²) in [5.74, 6) is 1.05. The molecule has 6 heteroatoms. The Bertz CT molecular complexity index is 248. The van der Waals surface area contributed by atoms with E-state index < -0.39 is 0 Å². The minimum Gasteiger partial charge on any atom is -0.328 e. The Hall–Kier alpha value is 0.750. The second-order valence-corrected chi connectivity index (χ2v) is 6.35. The number of hydrogen-bond donors (Lipinski definition) is 1. The van der Waals surface area contributed by atoms with Crippen LogP contribution in [0.2, 0.25) is 0 Å². The van der Waals surface area contributed by atoms with Crippen molar-refractivity contribution in [3.63, 3.8) is 0 Å². The van der Waals surface area contributed by atoms with Gasteiger partial charge in [0.05, 0.1) is 0 Å². The molecule has 2 saturated carbocycles. The molecular weight excluding hydrogens is 317 g/mol. The van der Waals surface area contributed by atoms with Crippen LogP contribution in [0.3, 0.4) is 0 Å². The second-order valence-electron chi connectivity index (χ2n) is 6.35. The normalized spacial score (nSPS) is 31.6. The molecule has 3 aliphatic rings. The van der Waals surface area contributed by atoms with Gasteiger partial charge >= 0.3 is 0 Å². The molecule has 0 aromatic rings. The molecule has 3 fully saturated rings. The molecule has 0 bridgehead atoms. The number of piperazine rings is 1. The van der Waals surface area contributed by atoms with Crippen LogP contribution in [0.15, 0.2) is 0 Å². The molecule has 0 aromatic carbocycles. The van der Waals surface area contributed by atoms with Crippen molar-refractivity contribution < 1.29 is 0 Å². The molecule has 1 saturated heterocycles. The molecule has 3 rings (SSSR count). The predicted octanol–water partition coefficient (Wildman–Crippen LogP) is 2.55. The topological polar surface area (TPSA) is 32.5 Å². The SMILES string of the molecule is Cl.Cl.Cl.N[C@H]1CC[C@H](N2CCN(CC3CC3)CC2)CC1. The van der Waals surface area contributed by atoms with Gasteiger partial charge in [-0.25, -0.2) is 0 Å². The molecule has 1 heterocycles. The summed E-state index contributed by atoms with van der Waals surface area (Å²) >= 11 is 0. The molecule has 122 valence electrons. The van der Waals surface area contributed by atoms with E-state index in [9.17, 15) is 0 Å². The van der Waals surface area contributed by atoms with E-state index in [1.54, 1.807) is 0 Å². The quantitative estimate of drug-likeness (QED) is 0.852. The van der Waals surface area contributed by atoms with Gasteiger partial charge in [-0.05, 0) is 44.4 Å². The summed E-state index contributed by atoms with van der Waals surface area (Å²) in [6, 6.07) is 1.33. The van der Waals surface area contributed by atoms with Gasteiger partial charge in [-0.3, -0.25) is 4.90 Å². The molecule has 20 heavy (non-hydrogen) atoms. The van der Waals surface area contributed by atoms with Crippen LogP contribution >= 0.6 is 37.2 Å². The highest BCUT2D eigenvalue weighted by molar-refractivity contribution is 5.86. The van der Waals surface area contributed by atoms with Crippen molar-refractivity contribution in [2.45, 2.75) is 50.6 Å². The first-order valence-corrected chi connectivity index (χ1v) is 7.53. The summed E-state index contributed by atoms with van der Waals surface area (Å²) in [4.78, 5) is 5.41. The van der Waals surface area contributed by atoms with Crippen molar-refractivity contribution in [1.82, 2.24) is 9.80 Å². The van der Waals surface area contributed by atoms with Gasteiger partial charge in [0.2, 0.25) is 0 Å². The lowest BCUT2D eigenvalue weighted by Crippen LogP contribution is -2.52.